The zero-order valence-corrected chi connectivity index (χ0v) is 17.4. The summed E-state index contributed by atoms with van der Waals surface area (Å²) < 4.78 is 11.0. The Morgan fingerprint density at radius 3 is 2.42 bits per heavy atom. The minimum atomic E-state index is 0.387. The molecule has 2 aliphatic rings. The molecule has 2 atom stereocenters. The molecule has 26 heavy (non-hydrogen) atoms. The van der Waals surface area contributed by atoms with Crippen LogP contribution in [0, 0.1) is 11.8 Å². The zero-order chi connectivity index (χ0) is 18.8. The number of rotatable bonds is 8. The van der Waals surface area contributed by atoms with Gasteiger partial charge >= 0.3 is 0 Å². The van der Waals surface area contributed by atoms with Crippen LogP contribution < -0.4 is 5.32 Å². The molecular weight excluding hydrogens is 328 g/mol. The summed E-state index contributed by atoms with van der Waals surface area (Å²) in [4.78, 5) is 9.46. The predicted octanol–water partition coefficient (Wildman–Crippen LogP) is 2.06. The van der Waals surface area contributed by atoms with Gasteiger partial charge in [0.05, 0.1) is 6.10 Å². The van der Waals surface area contributed by atoms with E-state index in [0.717, 1.165) is 76.5 Å². The van der Waals surface area contributed by atoms with E-state index in [1.807, 2.05) is 7.05 Å². The van der Waals surface area contributed by atoms with E-state index in [1.54, 1.807) is 7.11 Å². The molecule has 6 heteroatoms. The Labute approximate surface area is 160 Å². The van der Waals surface area contributed by atoms with Crippen LogP contribution in [-0.2, 0) is 9.47 Å². The van der Waals surface area contributed by atoms with Gasteiger partial charge in [-0.25, -0.2) is 0 Å². The summed E-state index contributed by atoms with van der Waals surface area (Å²) in [5.74, 6) is 2.68. The molecular formula is C20H40N4O2. The lowest BCUT2D eigenvalue weighted by atomic mass is 9.92. The highest BCUT2D eigenvalue weighted by atomic mass is 16.5. The van der Waals surface area contributed by atoms with Crippen LogP contribution in [0.4, 0.5) is 0 Å². The number of likely N-dealkylation sites (tertiary alicyclic amines) is 2. The largest absolute Gasteiger partial charge is 0.385 e. The lowest BCUT2D eigenvalue weighted by Gasteiger charge is -2.36. The summed E-state index contributed by atoms with van der Waals surface area (Å²) in [6.07, 6.45) is 4.89. The van der Waals surface area contributed by atoms with E-state index in [1.165, 1.54) is 19.5 Å². The molecule has 0 saturated carbocycles. The molecule has 0 amide bonds. The quantitative estimate of drug-likeness (QED) is 0.404. The van der Waals surface area contributed by atoms with E-state index < -0.39 is 0 Å². The normalized spacial score (nSPS) is 26.3. The van der Waals surface area contributed by atoms with Crippen LogP contribution in [0.25, 0.3) is 0 Å². The predicted molar refractivity (Wildman–Crippen MR) is 108 cm³/mol. The van der Waals surface area contributed by atoms with E-state index in [4.69, 9.17) is 9.47 Å². The number of guanidine groups is 1. The van der Waals surface area contributed by atoms with Crippen molar-refractivity contribution in [1.29, 1.82) is 0 Å². The van der Waals surface area contributed by atoms with Crippen molar-refractivity contribution in [1.82, 2.24) is 15.1 Å². The molecule has 0 aliphatic carbocycles. The van der Waals surface area contributed by atoms with E-state index in [0.29, 0.717) is 6.10 Å². The van der Waals surface area contributed by atoms with Crippen molar-refractivity contribution < 1.29 is 9.47 Å². The van der Waals surface area contributed by atoms with Gasteiger partial charge < -0.3 is 24.6 Å². The molecule has 2 rings (SSSR count). The Kier molecular flexibility index (Phi) is 9.72. The highest BCUT2D eigenvalue weighted by Gasteiger charge is 2.23. The van der Waals surface area contributed by atoms with Gasteiger partial charge in [0.1, 0.15) is 0 Å². The fraction of sp³-hybridized carbons (Fsp3) is 0.950. The molecule has 2 fully saturated rings. The first-order chi connectivity index (χ1) is 12.6. The van der Waals surface area contributed by atoms with Crippen LogP contribution >= 0.6 is 0 Å². The topological polar surface area (TPSA) is 49.3 Å². The van der Waals surface area contributed by atoms with Gasteiger partial charge in [-0.05, 0) is 37.5 Å². The minimum absolute atomic E-state index is 0.387. The van der Waals surface area contributed by atoms with Crippen molar-refractivity contribution in [3.63, 3.8) is 0 Å². The van der Waals surface area contributed by atoms with Crippen LogP contribution in [0.5, 0.6) is 0 Å². The molecule has 0 aromatic heterocycles. The first-order valence-electron chi connectivity index (χ1n) is 10.4. The molecule has 1 N–H and O–H groups in total. The monoisotopic (exact) mass is 368 g/mol. The number of methoxy groups -OCH3 is 1. The number of piperidine rings is 2. The average Bonchev–Trinajstić information content (AvgIpc) is 2.62. The number of aliphatic imine (C=N–C) groups is 1. The van der Waals surface area contributed by atoms with E-state index in [9.17, 15) is 0 Å². The van der Waals surface area contributed by atoms with Gasteiger partial charge in [0.25, 0.3) is 0 Å². The van der Waals surface area contributed by atoms with E-state index in [-0.39, 0.29) is 0 Å². The van der Waals surface area contributed by atoms with Gasteiger partial charge in [0.2, 0.25) is 0 Å². The molecule has 2 aliphatic heterocycles. The van der Waals surface area contributed by atoms with Crippen LogP contribution in [0.1, 0.15) is 39.5 Å². The Hall–Kier alpha value is -0.850. The summed E-state index contributed by atoms with van der Waals surface area (Å²) in [6, 6.07) is 0. The van der Waals surface area contributed by atoms with Crippen molar-refractivity contribution in [2.24, 2.45) is 16.8 Å². The Morgan fingerprint density at radius 1 is 1.12 bits per heavy atom. The highest BCUT2D eigenvalue weighted by Crippen LogP contribution is 2.20. The maximum atomic E-state index is 5.95. The Bertz CT molecular complexity index is 401. The fourth-order valence-corrected chi connectivity index (χ4v) is 4.32. The van der Waals surface area contributed by atoms with Crippen molar-refractivity contribution in [2.45, 2.75) is 45.6 Å². The molecule has 152 valence electrons. The molecule has 0 aromatic carbocycles. The van der Waals surface area contributed by atoms with Crippen LogP contribution in [0.15, 0.2) is 4.99 Å². The molecule has 0 aromatic rings. The van der Waals surface area contributed by atoms with Gasteiger partial charge in [-0.1, -0.05) is 13.8 Å². The Balaban J connectivity index is 1.63. The first-order valence-corrected chi connectivity index (χ1v) is 10.4. The molecule has 2 heterocycles. The van der Waals surface area contributed by atoms with Gasteiger partial charge in [-0.3, -0.25) is 4.99 Å². The summed E-state index contributed by atoms with van der Waals surface area (Å²) in [5.41, 5.74) is 0. The maximum Gasteiger partial charge on any atom is 0.193 e. The molecule has 2 saturated heterocycles. The molecule has 0 bridgehead atoms. The molecule has 2 unspecified atom stereocenters. The zero-order valence-electron chi connectivity index (χ0n) is 17.4. The summed E-state index contributed by atoms with van der Waals surface area (Å²) in [6.45, 7) is 12.9. The van der Waals surface area contributed by atoms with Crippen LogP contribution in [0.2, 0.25) is 0 Å². The van der Waals surface area contributed by atoms with Crippen LogP contribution in [-0.4, -0.2) is 88.5 Å². The van der Waals surface area contributed by atoms with Gasteiger partial charge in [0, 0.05) is 66.6 Å². The third-order valence-corrected chi connectivity index (χ3v) is 5.46. The fourth-order valence-electron chi connectivity index (χ4n) is 4.32. The van der Waals surface area contributed by atoms with E-state index >= 15 is 0 Å². The smallest absolute Gasteiger partial charge is 0.193 e. The molecule has 6 nitrogen and oxygen atoms in total. The van der Waals surface area contributed by atoms with Gasteiger partial charge in [-0.15, -0.1) is 0 Å². The average molecular weight is 369 g/mol. The second kappa shape index (κ2) is 11.8. The SMILES string of the molecule is CN=C(NCCN1CC(C)CC(C)C1)N1CCC(OCCCOC)CC1. The second-order valence-electron chi connectivity index (χ2n) is 8.08. The third kappa shape index (κ3) is 7.41. The van der Waals surface area contributed by atoms with E-state index in [2.05, 4.69) is 34.0 Å². The summed E-state index contributed by atoms with van der Waals surface area (Å²) >= 11 is 0. The maximum absolute atomic E-state index is 5.95. The number of hydrogen-bond acceptors (Lipinski definition) is 4. The standard InChI is InChI=1S/C20H40N4O2/c1-17-14-18(2)16-23(15-17)11-8-22-20(21-3)24-9-6-19(7-10-24)26-13-5-12-25-4/h17-19H,5-16H2,1-4H3,(H,21,22). The van der Waals surface area contributed by atoms with Gasteiger partial charge in [0.15, 0.2) is 5.96 Å². The van der Waals surface area contributed by atoms with Gasteiger partial charge in [-0.2, -0.15) is 0 Å². The van der Waals surface area contributed by atoms with Crippen molar-refractivity contribution in [2.75, 3.05) is 66.6 Å². The van der Waals surface area contributed by atoms with Crippen molar-refractivity contribution in [3.8, 4) is 0 Å². The molecule has 0 spiro atoms. The highest BCUT2D eigenvalue weighted by molar-refractivity contribution is 5.79. The Morgan fingerprint density at radius 2 is 1.81 bits per heavy atom. The van der Waals surface area contributed by atoms with Crippen LogP contribution in [0.3, 0.4) is 0 Å². The number of ether oxygens (including phenoxy) is 2. The number of nitrogens with zero attached hydrogens (tertiary/aromatic N) is 3. The van der Waals surface area contributed by atoms with Crippen molar-refractivity contribution in [3.05, 3.63) is 0 Å². The second-order valence-corrected chi connectivity index (χ2v) is 8.08. The molecule has 0 radical (unpaired) electrons. The minimum Gasteiger partial charge on any atom is -0.385 e. The number of nitrogens with one attached hydrogen (secondary N) is 1. The van der Waals surface area contributed by atoms with Crippen molar-refractivity contribution >= 4 is 5.96 Å². The summed E-state index contributed by atoms with van der Waals surface area (Å²) in [5, 5.41) is 3.57. The lowest BCUT2D eigenvalue weighted by molar-refractivity contribution is 0.00988. The third-order valence-electron chi connectivity index (χ3n) is 5.46. The lowest BCUT2D eigenvalue weighted by Crippen LogP contribution is -2.49. The summed E-state index contributed by atoms with van der Waals surface area (Å²) in [7, 11) is 3.63. The number of hydrogen-bond donors (Lipinski definition) is 1. The first kappa shape index (κ1) is 21.5.